The second kappa shape index (κ2) is 9.01. The molecule has 0 unspecified atom stereocenters. The molecule has 1 N–H and O–H groups in total. The molecular weight excluding hydrogens is 472 g/mol. The molecular formula is C22H23F2N3O6S. The Morgan fingerprint density at radius 1 is 1.21 bits per heavy atom. The van der Waals surface area contributed by atoms with Crippen LogP contribution in [0.1, 0.15) is 43.8 Å². The van der Waals surface area contributed by atoms with Crippen LogP contribution in [-0.4, -0.2) is 45.8 Å². The van der Waals surface area contributed by atoms with E-state index < -0.39 is 62.0 Å². The number of rotatable bonds is 7. The molecule has 0 aromatic carbocycles. The maximum atomic E-state index is 15.6. The summed E-state index contributed by atoms with van der Waals surface area (Å²) in [7, 11) is -4.64. The van der Waals surface area contributed by atoms with Gasteiger partial charge in [0.25, 0.3) is 0 Å². The summed E-state index contributed by atoms with van der Waals surface area (Å²) in [5, 5.41) is 8.91. The molecule has 3 aromatic heterocycles. The van der Waals surface area contributed by atoms with Gasteiger partial charge < -0.3 is 14.4 Å². The Morgan fingerprint density at radius 3 is 2.41 bits per heavy atom. The third kappa shape index (κ3) is 5.01. The lowest BCUT2D eigenvalue weighted by atomic mass is 9.96. The number of halogens is 2. The van der Waals surface area contributed by atoms with E-state index in [1.807, 2.05) is 0 Å². The first-order valence-corrected chi connectivity index (χ1v) is 11.5. The van der Waals surface area contributed by atoms with Crippen molar-refractivity contribution in [2.24, 2.45) is 5.41 Å². The molecule has 182 valence electrons. The number of amides is 1. The number of furan rings is 1. The first-order chi connectivity index (χ1) is 15.7. The Kier molecular flexibility index (Phi) is 6.65. The monoisotopic (exact) mass is 495 g/mol. The molecule has 34 heavy (non-hydrogen) atoms. The second-order valence-corrected chi connectivity index (χ2v) is 10.6. The van der Waals surface area contributed by atoms with Crippen molar-refractivity contribution in [3.05, 3.63) is 59.7 Å². The van der Waals surface area contributed by atoms with Gasteiger partial charge in [-0.2, -0.15) is 12.8 Å². The number of hydrogen-bond acceptors (Lipinski definition) is 6. The highest BCUT2D eigenvalue weighted by molar-refractivity contribution is 7.89. The summed E-state index contributed by atoms with van der Waals surface area (Å²) in [5.41, 5.74) is -1.90. The van der Waals surface area contributed by atoms with Crippen LogP contribution in [0, 0.1) is 17.2 Å². The van der Waals surface area contributed by atoms with Gasteiger partial charge in [0.1, 0.15) is 5.69 Å². The van der Waals surface area contributed by atoms with Crippen LogP contribution in [0.5, 0.6) is 0 Å². The molecule has 3 aromatic rings. The van der Waals surface area contributed by atoms with Crippen molar-refractivity contribution < 1.29 is 36.3 Å². The largest absolute Gasteiger partial charge is 0.465 e. The Balaban J connectivity index is 2.21. The van der Waals surface area contributed by atoms with Crippen LogP contribution in [0.4, 0.5) is 13.6 Å². The van der Waals surface area contributed by atoms with Crippen molar-refractivity contribution in [1.29, 1.82) is 0 Å². The maximum absolute atomic E-state index is 15.6. The minimum atomic E-state index is -4.64. The van der Waals surface area contributed by atoms with E-state index in [0.29, 0.717) is 3.97 Å². The molecule has 0 radical (unpaired) electrons. The van der Waals surface area contributed by atoms with Gasteiger partial charge in [0, 0.05) is 31.4 Å². The van der Waals surface area contributed by atoms with Crippen LogP contribution >= 0.6 is 0 Å². The molecule has 0 aliphatic heterocycles. The van der Waals surface area contributed by atoms with E-state index >= 15 is 4.39 Å². The number of pyridine rings is 1. The van der Waals surface area contributed by atoms with Crippen molar-refractivity contribution in [2.75, 3.05) is 6.54 Å². The lowest BCUT2D eigenvalue weighted by Gasteiger charge is -2.27. The molecule has 0 bridgehead atoms. The van der Waals surface area contributed by atoms with Gasteiger partial charge in [0.2, 0.25) is 11.0 Å². The normalized spacial score (nSPS) is 12.1. The Bertz CT molecular complexity index is 1360. The van der Waals surface area contributed by atoms with E-state index in [-0.39, 0.29) is 17.9 Å². The Morgan fingerprint density at radius 2 is 1.88 bits per heavy atom. The van der Waals surface area contributed by atoms with Crippen LogP contribution in [0.25, 0.3) is 11.3 Å². The smallest absolute Gasteiger partial charge is 0.407 e. The third-order valence-electron chi connectivity index (χ3n) is 4.74. The Hall–Kier alpha value is -3.54. The van der Waals surface area contributed by atoms with E-state index in [2.05, 4.69) is 4.98 Å². The number of ketones is 1. The van der Waals surface area contributed by atoms with E-state index in [9.17, 15) is 27.5 Å². The molecule has 0 aliphatic rings. The zero-order valence-corrected chi connectivity index (χ0v) is 19.7. The van der Waals surface area contributed by atoms with Crippen molar-refractivity contribution in [3.63, 3.8) is 0 Å². The molecule has 3 heterocycles. The minimum Gasteiger partial charge on any atom is -0.465 e. The van der Waals surface area contributed by atoms with E-state index in [0.717, 1.165) is 35.5 Å². The lowest BCUT2D eigenvalue weighted by Crippen LogP contribution is -2.36. The van der Waals surface area contributed by atoms with Crippen molar-refractivity contribution in [1.82, 2.24) is 13.9 Å². The quantitative estimate of drug-likeness (QED) is 0.381. The highest BCUT2D eigenvalue weighted by Crippen LogP contribution is 2.33. The number of carbonyl (C=O) groups is 2. The summed E-state index contributed by atoms with van der Waals surface area (Å²) < 4.78 is 62.3. The summed E-state index contributed by atoms with van der Waals surface area (Å²) in [6.07, 6.45) is 0.651. The van der Waals surface area contributed by atoms with Gasteiger partial charge in [0.05, 0.1) is 12.1 Å². The van der Waals surface area contributed by atoms with E-state index in [4.69, 9.17) is 4.42 Å². The topological polar surface area (TPSA) is 123 Å². The minimum absolute atomic E-state index is 0.0243. The first-order valence-electron chi connectivity index (χ1n) is 10.1. The van der Waals surface area contributed by atoms with Gasteiger partial charge in [0.15, 0.2) is 17.4 Å². The number of nitrogens with zero attached hydrogens (tertiary/aromatic N) is 3. The molecule has 1 amide bonds. The fourth-order valence-corrected chi connectivity index (χ4v) is 4.64. The molecule has 9 nitrogen and oxygen atoms in total. The fourth-order valence-electron chi connectivity index (χ4n) is 3.33. The predicted molar refractivity (Wildman–Crippen MR) is 117 cm³/mol. The second-order valence-electron chi connectivity index (χ2n) is 8.83. The highest BCUT2D eigenvalue weighted by atomic mass is 32.2. The summed E-state index contributed by atoms with van der Waals surface area (Å²) in [6, 6.07) is 4.61. The predicted octanol–water partition coefficient (Wildman–Crippen LogP) is 4.39. The van der Waals surface area contributed by atoms with Gasteiger partial charge in [-0.15, -0.1) is 0 Å². The summed E-state index contributed by atoms with van der Waals surface area (Å²) >= 11 is 0. The average Bonchev–Trinajstić information content (AvgIpc) is 3.34. The zero-order valence-electron chi connectivity index (χ0n) is 18.9. The van der Waals surface area contributed by atoms with Crippen LogP contribution in [-0.2, 0) is 16.6 Å². The molecule has 12 heteroatoms. The van der Waals surface area contributed by atoms with Gasteiger partial charge in [-0.05, 0) is 29.7 Å². The highest BCUT2D eigenvalue weighted by Gasteiger charge is 2.32. The fraction of sp³-hybridized carbons (Fsp3) is 0.318. The maximum Gasteiger partial charge on any atom is 0.407 e. The van der Waals surface area contributed by atoms with Crippen molar-refractivity contribution in [2.45, 2.75) is 39.3 Å². The lowest BCUT2D eigenvalue weighted by molar-refractivity contribution is 0.0982. The van der Waals surface area contributed by atoms with Crippen LogP contribution in [0.3, 0.4) is 0 Å². The molecule has 0 atom stereocenters. The van der Waals surface area contributed by atoms with Crippen LogP contribution in [0.2, 0.25) is 0 Å². The zero-order chi connectivity index (χ0) is 25.4. The van der Waals surface area contributed by atoms with E-state index in [1.54, 1.807) is 20.8 Å². The van der Waals surface area contributed by atoms with Crippen molar-refractivity contribution in [3.8, 4) is 11.3 Å². The molecule has 0 fully saturated rings. The summed E-state index contributed by atoms with van der Waals surface area (Å²) in [5.74, 6) is -3.02. The number of hydrogen-bond donors (Lipinski definition) is 1. The SMILES string of the molecule is CC(=O)c1ccc(S(=O)(=O)n2cc(CN(CC(C)(C)C)C(=O)O)c(F)c2-c2cccnc2F)o1. The number of carboxylic acid groups (broad SMARTS) is 1. The standard InChI is InChI=1S/C22H23F2N3O6S/c1-13(28)16-7-8-17(33-16)34(31,32)27-11-14(10-26(21(29)30)12-22(2,3)4)18(23)19(27)15-6-5-9-25-20(15)24/h5-9,11H,10,12H2,1-4H3,(H,29,30). The average molecular weight is 496 g/mol. The number of aromatic nitrogens is 2. The van der Waals surface area contributed by atoms with Gasteiger partial charge >= 0.3 is 16.1 Å². The number of Topliss-reactive ketones (excluding diaryl/α,β-unsaturated/α-hetero) is 1. The summed E-state index contributed by atoms with van der Waals surface area (Å²) in [6.45, 7) is 6.07. The van der Waals surface area contributed by atoms with Gasteiger partial charge in [-0.3, -0.25) is 4.79 Å². The van der Waals surface area contributed by atoms with Crippen molar-refractivity contribution >= 4 is 21.9 Å². The van der Waals surface area contributed by atoms with Crippen LogP contribution < -0.4 is 0 Å². The molecule has 0 saturated carbocycles. The molecule has 0 spiro atoms. The molecule has 0 saturated heterocycles. The first kappa shape index (κ1) is 25.1. The molecule has 3 rings (SSSR count). The number of carbonyl (C=O) groups excluding carboxylic acids is 1. The third-order valence-corrected chi connectivity index (χ3v) is 6.27. The van der Waals surface area contributed by atoms with Gasteiger partial charge in [-0.1, -0.05) is 20.8 Å². The summed E-state index contributed by atoms with van der Waals surface area (Å²) in [4.78, 5) is 27.7. The Labute approximate surface area is 194 Å². The van der Waals surface area contributed by atoms with Gasteiger partial charge in [-0.25, -0.2) is 18.1 Å². The van der Waals surface area contributed by atoms with Crippen LogP contribution in [0.15, 0.2) is 46.2 Å². The van der Waals surface area contributed by atoms with E-state index in [1.165, 1.54) is 13.0 Å². The molecule has 0 aliphatic carbocycles.